The molecule has 1 aliphatic rings. The van der Waals surface area contributed by atoms with Crippen molar-refractivity contribution in [3.8, 4) is 22.9 Å². The molecule has 2 N–H and O–H groups in total. The van der Waals surface area contributed by atoms with E-state index >= 15 is 0 Å². The minimum atomic E-state index is -3.97. The molecule has 40 heavy (non-hydrogen) atoms. The van der Waals surface area contributed by atoms with E-state index in [-0.39, 0.29) is 33.4 Å². The number of aryl methyl sites for hydroxylation is 2. The summed E-state index contributed by atoms with van der Waals surface area (Å²) in [6, 6.07) is 20.2. The first-order valence-corrected chi connectivity index (χ1v) is 14.6. The predicted molar refractivity (Wildman–Crippen MR) is 154 cm³/mol. The van der Waals surface area contributed by atoms with E-state index in [1.54, 1.807) is 47.4 Å². The first-order chi connectivity index (χ1) is 19.2. The molecular weight excluding hydrogens is 550 g/mol. The zero-order chi connectivity index (χ0) is 28.3. The first kappa shape index (κ1) is 27.6. The number of aromatic nitrogens is 2. The molecule has 206 valence electrons. The number of carbonyl (C=O) groups excluding carboxylic acids is 1. The third-order valence-corrected chi connectivity index (χ3v) is 8.17. The highest BCUT2D eigenvalue weighted by atomic mass is 35.5. The topological polar surface area (TPSA) is 114 Å². The van der Waals surface area contributed by atoms with Gasteiger partial charge in [-0.25, -0.2) is 18.1 Å². The van der Waals surface area contributed by atoms with Crippen molar-refractivity contribution in [2.45, 2.75) is 18.7 Å². The Morgan fingerprint density at radius 2 is 1.65 bits per heavy atom. The Bertz CT molecular complexity index is 1640. The molecule has 0 radical (unpaired) electrons. The number of benzene rings is 3. The van der Waals surface area contributed by atoms with Crippen LogP contribution in [0.4, 0.5) is 5.95 Å². The van der Waals surface area contributed by atoms with Gasteiger partial charge in [0.15, 0.2) is 0 Å². The van der Waals surface area contributed by atoms with Crippen molar-refractivity contribution < 1.29 is 17.9 Å². The number of nitrogens with one attached hydrogen (secondary N) is 2. The van der Waals surface area contributed by atoms with Crippen LogP contribution in [-0.2, 0) is 10.0 Å². The van der Waals surface area contributed by atoms with E-state index in [4.69, 9.17) is 16.3 Å². The van der Waals surface area contributed by atoms with Crippen LogP contribution in [0.15, 0.2) is 77.7 Å². The summed E-state index contributed by atoms with van der Waals surface area (Å²) in [5.74, 6) is -0.0147. The molecule has 0 atom stereocenters. The van der Waals surface area contributed by atoms with Crippen molar-refractivity contribution in [3.63, 3.8) is 0 Å². The van der Waals surface area contributed by atoms with Crippen molar-refractivity contribution in [3.05, 3.63) is 94.5 Å². The molecule has 1 fully saturated rings. The van der Waals surface area contributed by atoms with Gasteiger partial charge in [-0.1, -0.05) is 48.0 Å². The summed E-state index contributed by atoms with van der Waals surface area (Å²) in [5, 5.41) is 3.50. The van der Waals surface area contributed by atoms with Crippen molar-refractivity contribution in [2.75, 3.05) is 30.9 Å². The Balaban J connectivity index is 1.54. The molecule has 1 aromatic heterocycles. The molecule has 0 spiro atoms. The van der Waals surface area contributed by atoms with Crippen LogP contribution in [0, 0.1) is 13.8 Å². The van der Waals surface area contributed by atoms with Crippen LogP contribution in [0.1, 0.15) is 21.5 Å². The van der Waals surface area contributed by atoms with Gasteiger partial charge in [0.1, 0.15) is 5.75 Å². The lowest BCUT2D eigenvalue weighted by molar-refractivity contribution is 0.0735. The molecule has 0 saturated carbocycles. The lowest BCUT2D eigenvalue weighted by Gasteiger charge is -2.27. The fraction of sp³-hybridized carbons (Fsp3) is 0.207. The number of anilines is 1. The monoisotopic (exact) mass is 577 g/mol. The second kappa shape index (κ2) is 11.6. The number of hydrogen-bond acceptors (Lipinski definition) is 7. The number of hydrogen-bond donors (Lipinski definition) is 2. The lowest BCUT2D eigenvalue weighted by Crippen LogP contribution is -2.46. The van der Waals surface area contributed by atoms with E-state index in [1.807, 2.05) is 32.0 Å². The third kappa shape index (κ3) is 6.09. The molecule has 4 aromatic rings. The van der Waals surface area contributed by atoms with Crippen LogP contribution >= 0.6 is 11.6 Å². The molecule has 5 rings (SSSR count). The summed E-state index contributed by atoms with van der Waals surface area (Å²) in [6.07, 6.45) is 0. The van der Waals surface area contributed by atoms with E-state index in [0.29, 0.717) is 24.3 Å². The highest BCUT2D eigenvalue weighted by Gasteiger charge is 2.21. The molecule has 0 aliphatic carbocycles. The molecule has 0 bridgehead atoms. The molecule has 3 aromatic carbocycles. The number of sulfonamides is 1. The highest BCUT2D eigenvalue weighted by molar-refractivity contribution is 7.92. The lowest BCUT2D eigenvalue weighted by atomic mass is 10.00. The summed E-state index contributed by atoms with van der Waals surface area (Å²) in [7, 11) is -3.97. The number of piperazine rings is 1. The molecule has 9 nitrogen and oxygen atoms in total. The fourth-order valence-corrected chi connectivity index (χ4v) is 5.65. The van der Waals surface area contributed by atoms with Gasteiger partial charge in [-0.3, -0.25) is 4.79 Å². The van der Waals surface area contributed by atoms with Crippen LogP contribution in [0.5, 0.6) is 11.6 Å². The van der Waals surface area contributed by atoms with Gasteiger partial charge in [0.2, 0.25) is 11.8 Å². The summed E-state index contributed by atoms with van der Waals surface area (Å²) in [5.41, 5.74) is 3.61. The standard InChI is InChI=1S/C29H28ClN5O4S/c1-19-7-6-8-20(2)27(19)24-18-26(33-29(32-24)34-40(37,38)22-9-4-3-5-10-22)39-25-17-21(11-12-23(25)30)28(36)35-15-13-31-14-16-35/h3-12,17-18,31H,13-16H2,1-2H3,(H,32,33,34). The van der Waals surface area contributed by atoms with Crippen molar-refractivity contribution in [2.24, 2.45) is 0 Å². The predicted octanol–water partition coefficient (Wildman–Crippen LogP) is 5.05. The maximum absolute atomic E-state index is 13.1. The third-order valence-electron chi connectivity index (χ3n) is 6.52. The SMILES string of the molecule is Cc1cccc(C)c1-c1cc(Oc2cc(C(=O)N3CCNCC3)ccc2Cl)nc(NS(=O)(=O)c2ccccc2)n1. The molecule has 0 unspecified atom stereocenters. The molecular formula is C29H28ClN5O4S. The fourth-order valence-electron chi connectivity index (χ4n) is 4.53. The van der Waals surface area contributed by atoms with Crippen LogP contribution in [-0.4, -0.2) is 55.4 Å². The van der Waals surface area contributed by atoms with Crippen molar-refractivity contribution in [1.29, 1.82) is 0 Å². The van der Waals surface area contributed by atoms with Crippen LogP contribution in [0.2, 0.25) is 5.02 Å². The smallest absolute Gasteiger partial charge is 0.264 e. The van der Waals surface area contributed by atoms with E-state index in [1.165, 1.54) is 12.1 Å². The molecule has 1 amide bonds. The maximum atomic E-state index is 13.1. The second-order valence-electron chi connectivity index (χ2n) is 9.39. The van der Waals surface area contributed by atoms with Gasteiger partial charge >= 0.3 is 0 Å². The number of halogens is 1. The molecule has 1 aliphatic heterocycles. The summed E-state index contributed by atoms with van der Waals surface area (Å²) >= 11 is 6.46. The van der Waals surface area contributed by atoms with Gasteiger partial charge in [-0.2, -0.15) is 4.98 Å². The van der Waals surface area contributed by atoms with Crippen LogP contribution in [0.25, 0.3) is 11.3 Å². The Morgan fingerprint density at radius 1 is 0.950 bits per heavy atom. The molecule has 2 heterocycles. The summed E-state index contributed by atoms with van der Waals surface area (Å²) < 4.78 is 34.7. The Hall–Kier alpha value is -3.99. The van der Waals surface area contributed by atoms with Gasteiger partial charge in [-0.15, -0.1) is 0 Å². The zero-order valence-corrected chi connectivity index (χ0v) is 23.6. The van der Waals surface area contributed by atoms with Crippen LogP contribution in [0.3, 0.4) is 0 Å². The summed E-state index contributed by atoms with van der Waals surface area (Å²) in [4.78, 5) is 23.8. The Labute approximate surface area is 238 Å². The minimum absolute atomic E-state index is 0.0621. The average molecular weight is 578 g/mol. The molecule has 11 heteroatoms. The van der Waals surface area contributed by atoms with Gasteiger partial charge < -0.3 is 15.0 Å². The molecule has 1 saturated heterocycles. The largest absolute Gasteiger partial charge is 0.437 e. The second-order valence-corrected chi connectivity index (χ2v) is 11.5. The average Bonchev–Trinajstić information content (AvgIpc) is 2.94. The Morgan fingerprint density at radius 3 is 2.35 bits per heavy atom. The highest BCUT2D eigenvalue weighted by Crippen LogP contribution is 2.34. The summed E-state index contributed by atoms with van der Waals surface area (Å²) in [6.45, 7) is 6.56. The number of rotatable bonds is 7. The van der Waals surface area contributed by atoms with Gasteiger partial charge in [0.05, 0.1) is 15.6 Å². The van der Waals surface area contributed by atoms with Gasteiger partial charge in [0.25, 0.3) is 15.9 Å². The number of ether oxygens (including phenoxy) is 1. The zero-order valence-electron chi connectivity index (χ0n) is 22.0. The Kier molecular flexibility index (Phi) is 8.02. The van der Waals surface area contributed by atoms with Gasteiger partial charge in [0, 0.05) is 43.4 Å². The quantitative estimate of drug-likeness (QED) is 0.316. The number of amides is 1. The van der Waals surface area contributed by atoms with E-state index in [2.05, 4.69) is 20.0 Å². The first-order valence-electron chi connectivity index (χ1n) is 12.7. The maximum Gasteiger partial charge on any atom is 0.264 e. The van der Waals surface area contributed by atoms with E-state index in [9.17, 15) is 13.2 Å². The number of nitrogens with zero attached hydrogens (tertiary/aromatic N) is 3. The van der Waals surface area contributed by atoms with Crippen molar-refractivity contribution >= 4 is 33.5 Å². The normalized spacial score (nSPS) is 13.6. The van der Waals surface area contributed by atoms with Gasteiger partial charge in [-0.05, 0) is 55.3 Å². The van der Waals surface area contributed by atoms with E-state index < -0.39 is 10.0 Å². The number of carbonyl (C=O) groups is 1. The van der Waals surface area contributed by atoms with Crippen LogP contribution < -0.4 is 14.8 Å². The minimum Gasteiger partial charge on any atom is -0.437 e. The van der Waals surface area contributed by atoms with Crippen molar-refractivity contribution in [1.82, 2.24) is 20.2 Å². The van der Waals surface area contributed by atoms with E-state index in [0.717, 1.165) is 29.8 Å².